The van der Waals surface area contributed by atoms with Crippen LogP contribution >= 0.6 is 0 Å². The van der Waals surface area contributed by atoms with E-state index < -0.39 is 0 Å². The van der Waals surface area contributed by atoms with Crippen molar-refractivity contribution in [1.82, 2.24) is 0 Å². The minimum Gasteiger partial charge on any atom is -0.324 e. The lowest BCUT2D eigenvalue weighted by Gasteiger charge is -2.15. The molecule has 0 radical (unpaired) electrons. The first-order valence-electron chi connectivity index (χ1n) is 5.33. The van der Waals surface area contributed by atoms with Crippen LogP contribution in [0.4, 0.5) is 0 Å². The molecule has 0 fully saturated rings. The van der Waals surface area contributed by atoms with Gasteiger partial charge in [0.2, 0.25) is 0 Å². The third-order valence-corrected chi connectivity index (χ3v) is 2.68. The number of aryl methyl sites for hydroxylation is 2. The summed E-state index contributed by atoms with van der Waals surface area (Å²) in [4.78, 5) is 0. The fraction of sp³-hybridized carbons (Fsp3) is 0.538. The molecule has 0 amide bonds. The van der Waals surface area contributed by atoms with Crippen molar-refractivity contribution in [2.24, 2.45) is 11.7 Å². The van der Waals surface area contributed by atoms with Gasteiger partial charge in [0.15, 0.2) is 0 Å². The van der Waals surface area contributed by atoms with Gasteiger partial charge in [-0.05, 0) is 42.9 Å². The summed E-state index contributed by atoms with van der Waals surface area (Å²) in [6.45, 7) is 8.69. The third-order valence-electron chi connectivity index (χ3n) is 2.68. The molecule has 0 saturated heterocycles. The highest BCUT2D eigenvalue weighted by Gasteiger charge is 2.08. The van der Waals surface area contributed by atoms with Gasteiger partial charge >= 0.3 is 0 Å². The molecular formula is C13H21N. The molecule has 0 unspecified atom stereocenters. The van der Waals surface area contributed by atoms with Crippen LogP contribution in [0, 0.1) is 19.8 Å². The average molecular weight is 191 g/mol. The Balaban J connectivity index is 2.80. The highest BCUT2D eigenvalue weighted by atomic mass is 14.6. The van der Waals surface area contributed by atoms with E-state index in [1.807, 2.05) is 0 Å². The van der Waals surface area contributed by atoms with Crippen molar-refractivity contribution in [3.05, 3.63) is 34.9 Å². The molecule has 78 valence electrons. The summed E-state index contributed by atoms with van der Waals surface area (Å²) in [5, 5.41) is 0. The first-order chi connectivity index (χ1) is 6.50. The Morgan fingerprint density at radius 1 is 1.14 bits per heavy atom. The summed E-state index contributed by atoms with van der Waals surface area (Å²) in [6.07, 6.45) is 1.06. The van der Waals surface area contributed by atoms with Gasteiger partial charge in [0.1, 0.15) is 0 Å². The maximum absolute atomic E-state index is 6.11. The second kappa shape index (κ2) is 4.61. The first kappa shape index (κ1) is 11.3. The van der Waals surface area contributed by atoms with E-state index >= 15 is 0 Å². The van der Waals surface area contributed by atoms with E-state index in [9.17, 15) is 0 Å². The van der Waals surface area contributed by atoms with Crippen LogP contribution in [-0.2, 0) is 0 Å². The number of rotatable bonds is 3. The van der Waals surface area contributed by atoms with Gasteiger partial charge in [-0.25, -0.2) is 0 Å². The molecule has 1 aromatic carbocycles. The Bertz CT molecular complexity index is 302. The molecule has 1 nitrogen and oxygen atoms in total. The van der Waals surface area contributed by atoms with Crippen LogP contribution < -0.4 is 5.73 Å². The Hall–Kier alpha value is -0.820. The Kier molecular flexibility index (Phi) is 3.70. The van der Waals surface area contributed by atoms with Gasteiger partial charge in [0, 0.05) is 6.04 Å². The van der Waals surface area contributed by atoms with Crippen LogP contribution in [-0.4, -0.2) is 0 Å². The minimum atomic E-state index is 0.189. The van der Waals surface area contributed by atoms with Crippen molar-refractivity contribution < 1.29 is 0 Å². The second-order valence-electron chi connectivity index (χ2n) is 4.58. The van der Waals surface area contributed by atoms with Crippen molar-refractivity contribution in [2.45, 2.75) is 40.2 Å². The maximum Gasteiger partial charge on any atom is 0.0297 e. The van der Waals surface area contributed by atoms with E-state index in [2.05, 4.69) is 45.9 Å². The second-order valence-corrected chi connectivity index (χ2v) is 4.58. The Morgan fingerprint density at radius 2 is 1.79 bits per heavy atom. The van der Waals surface area contributed by atoms with Crippen LogP contribution in [0.25, 0.3) is 0 Å². The molecule has 0 heterocycles. The normalized spacial score (nSPS) is 13.3. The van der Waals surface area contributed by atoms with Gasteiger partial charge in [-0.2, -0.15) is 0 Å². The van der Waals surface area contributed by atoms with E-state index in [0.717, 1.165) is 6.42 Å². The van der Waals surface area contributed by atoms with Crippen LogP contribution in [0.2, 0.25) is 0 Å². The average Bonchev–Trinajstić information content (AvgIpc) is 2.08. The van der Waals surface area contributed by atoms with E-state index in [4.69, 9.17) is 5.73 Å². The van der Waals surface area contributed by atoms with E-state index in [1.165, 1.54) is 16.7 Å². The fourth-order valence-electron chi connectivity index (χ4n) is 1.64. The molecule has 14 heavy (non-hydrogen) atoms. The molecule has 1 aromatic rings. The zero-order chi connectivity index (χ0) is 10.7. The largest absolute Gasteiger partial charge is 0.324 e. The summed E-state index contributed by atoms with van der Waals surface area (Å²) in [5.41, 5.74) is 10.1. The third kappa shape index (κ3) is 2.85. The lowest BCUT2D eigenvalue weighted by Crippen LogP contribution is -2.13. The molecule has 1 rings (SSSR count). The van der Waals surface area contributed by atoms with E-state index in [-0.39, 0.29) is 6.04 Å². The topological polar surface area (TPSA) is 26.0 Å². The Morgan fingerprint density at radius 3 is 2.29 bits per heavy atom. The zero-order valence-corrected chi connectivity index (χ0v) is 9.67. The fourth-order valence-corrected chi connectivity index (χ4v) is 1.64. The lowest BCUT2D eigenvalue weighted by atomic mass is 9.95. The highest BCUT2D eigenvalue weighted by molar-refractivity contribution is 5.31. The lowest BCUT2D eigenvalue weighted by molar-refractivity contribution is 0.510. The Labute approximate surface area is 87.3 Å². The van der Waals surface area contributed by atoms with Crippen LogP contribution in [0.15, 0.2) is 18.2 Å². The molecular weight excluding hydrogens is 170 g/mol. The quantitative estimate of drug-likeness (QED) is 0.779. The monoisotopic (exact) mass is 191 g/mol. The van der Waals surface area contributed by atoms with E-state index in [0.29, 0.717) is 5.92 Å². The summed E-state index contributed by atoms with van der Waals surface area (Å²) in [6, 6.07) is 6.71. The van der Waals surface area contributed by atoms with Crippen molar-refractivity contribution >= 4 is 0 Å². The van der Waals surface area contributed by atoms with Crippen molar-refractivity contribution in [2.75, 3.05) is 0 Å². The van der Waals surface area contributed by atoms with Crippen molar-refractivity contribution in [1.29, 1.82) is 0 Å². The smallest absolute Gasteiger partial charge is 0.0297 e. The summed E-state index contributed by atoms with van der Waals surface area (Å²) < 4.78 is 0. The molecule has 0 aliphatic carbocycles. The van der Waals surface area contributed by atoms with E-state index in [1.54, 1.807) is 0 Å². The van der Waals surface area contributed by atoms with Gasteiger partial charge in [-0.1, -0.05) is 32.0 Å². The number of hydrogen-bond acceptors (Lipinski definition) is 1. The van der Waals surface area contributed by atoms with Crippen molar-refractivity contribution in [3.63, 3.8) is 0 Å². The first-order valence-corrected chi connectivity index (χ1v) is 5.33. The molecule has 0 spiro atoms. The number of nitrogens with two attached hydrogens (primary N) is 1. The number of hydrogen-bond donors (Lipinski definition) is 1. The molecule has 1 atom stereocenters. The highest BCUT2D eigenvalue weighted by Crippen LogP contribution is 2.20. The zero-order valence-electron chi connectivity index (χ0n) is 9.67. The molecule has 0 aliphatic heterocycles. The molecule has 0 aliphatic rings. The standard InChI is InChI=1S/C13H21N/c1-9(2)7-13(14)12-6-5-10(3)11(4)8-12/h5-6,8-9,13H,7,14H2,1-4H3/t13-/m1/s1. The molecule has 1 heteroatoms. The van der Waals surface area contributed by atoms with Crippen LogP contribution in [0.1, 0.15) is 43.0 Å². The predicted molar refractivity (Wildman–Crippen MR) is 62.3 cm³/mol. The van der Waals surface area contributed by atoms with Gasteiger partial charge in [0.05, 0.1) is 0 Å². The molecule has 0 aromatic heterocycles. The van der Waals surface area contributed by atoms with Crippen molar-refractivity contribution in [3.8, 4) is 0 Å². The maximum atomic E-state index is 6.11. The predicted octanol–water partition coefficient (Wildman–Crippen LogP) is 3.35. The van der Waals surface area contributed by atoms with Gasteiger partial charge in [-0.15, -0.1) is 0 Å². The van der Waals surface area contributed by atoms with Gasteiger partial charge < -0.3 is 5.73 Å². The SMILES string of the molecule is Cc1ccc([C@H](N)CC(C)C)cc1C. The summed E-state index contributed by atoms with van der Waals surface area (Å²) >= 11 is 0. The molecule has 0 bridgehead atoms. The number of benzene rings is 1. The van der Waals surface area contributed by atoms with Crippen LogP contribution in [0.3, 0.4) is 0 Å². The van der Waals surface area contributed by atoms with Gasteiger partial charge in [0.25, 0.3) is 0 Å². The van der Waals surface area contributed by atoms with Gasteiger partial charge in [-0.3, -0.25) is 0 Å². The minimum absolute atomic E-state index is 0.189. The van der Waals surface area contributed by atoms with Crippen LogP contribution in [0.5, 0.6) is 0 Å². The summed E-state index contributed by atoms with van der Waals surface area (Å²) in [5.74, 6) is 0.659. The molecule has 0 saturated carbocycles. The molecule has 2 N–H and O–H groups in total. The summed E-state index contributed by atoms with van der Waals surface area (Å²) in [7, 11) is 0.